The van der Waals surface area contributed by atoms with Gasteiger partial charge in [-0.05, 0) is 37.2 Å². The molecule has 0 spiro atoms. The van der Waals surface area contributed by atoms with Crippen LogP contribution in [-0.4, -0.2) is 30.6 Å². The van der Waals surface area contributed by atoms with Gasteiger partial charge in [0, 0.05) is 25.7 Å². The van der Waals surface area contributed by atoms with Crippen LogP contribution in [0.5, 0.6) is 0 Å². The second kappa shape index (κ2) is 3.81. The van der Waals surface area contributed by atoms with Crippen LogP contribution < -0.4 is 5.73 Å². The van der Waals surface area contributed by atoms with Crippen LogP contribution in [0.2, 0.25) is 0 Å². The van der Waals surface area contributed by atoms with Crippen LogP contribution >= 0.6 is 0 Å². The first-order valence-electron chi connectivity index (χ1n) is 5.40. The van der Waals surface area contributed by atoms with Gasteiger partial charge in [0.05, 0.1) is 0 Å². The molecule has 2 rings (SSSR count). The third kappa shape index (κ3) is 2.82. The van der Waals surface area contributed by atoms with Crippen molar-refractivity contribution >= 4 is 0 Å². The Morgan fingerprint density at radius 1 is 1.31 bits per heavy atom. The lowest BCUT2D eigenvalue weighted by atomic mass is 10.2. The fraction of sp³-hybridized carbons (Fsp3) is 0.818. The lowest BCUT2D eigenvalue weighted by molar-refractivity contribution is 0.273. The maximum absolute atomic E-state index is 5.56. The van der Waals surface area contributed by atoms with Crippen LogP contribution in [0.4, 0.5) is 0 Å². The molecule has 2 nitrogen and oxygen atoms in total. The Bertz CT molecular complexity index is 192. The maximum Gasteiger partial charge on any atom is 0.0205 e. The number of rotatable bonds is 6. The molecule has 0 atom stereocenters. The molecule has 0 bridgehead atoms. The van der Waals surface area contributed by atoms with E-state index in [1.807, 2.05) is 0 Å². The summed E-state index contributed by atoms with van der Waals surface area (Å²) in [5.74, 6) is 0.992. The van der Waals surface area contributed by atoms with Gasteiger partial charge < -0.3 is 5.73 Å². The van der Waals surface area contributed by atoms with Gasteiger partial charge in [-0.1, -0.05) is 6.58 Å². The molecule has 13 heavy (non-hydrogen) atoms. The van der Waals surface area contributed by atoms with E-state index in [-0.39, 0.29) is 0 Å². The average Bonchev–Trinajstić information content (AvgIpc) is 2.96. The molecular weight excluding hydrogens is 160 g/mol. The summed E-state index contributed by atoms with van der Waals surface area (Å²) in [5.41, 5.74) is 6.75. The van der Waals surface area contributed by atoms with Gasteiger partial charge in [-0.2, -0.15) is 0 Å². The Morgan fingerprint density at radius 3 is 2.46 bits per heavy atom. The molecule has 2 fully saturated rings. The van der Waals surface area contributed by atoms with Crippen molar-refractivity contribution in [1.29, 1.82) is 0 Å². The van der Waals surface area contributed by atoms with Gasteiger partial charge in [0.25, 0.3) is 0 Å². The SMILES string of the molecule is C=C(CN)CN(CC1CC1)C1CC1. The Balaban J connectivity index is 1.77. The Labute approximate surface area is 80.8 Å². The maximum atomic E-state index is 5.56. The van der Waals surface area contributed by atoms with Gasteiger partial charge in [0.15, 0.2) is 0 Å². The summed E-state index contributed by atoms with van der Waals surface area (Å²) < 4.78 is 0. The average molecular weight is 180 g/mol. The fourth-order valence-corrected chi connectivity index (χ4v) is 1.77. The van der Waals surface area contributed by atoms with Gasteiger partial charge >= 0.3 is 0 Å². The first kappa shape index (κ1) is 9.22. The summed E-state index contributed by atoms with van der Waals surface area (Å²) in [4.78, 5) is 2.59. The number of hydrogen-bond donors (Lipinski definition) is 1. The van der Waals surface area contributed by atoms with Crippen molar-refractivity contribution in [3.05, 3.63) is 12.2 Å². The minimum Gasteiger partial charge on any atom is -0.327 e. The molecule has 2 aliphatic carbocycles. The second-order valence-corrected chi connectivity index (χ2v) is 4.56. The van der Waals surface area contributed by atoms with E-state index in [9.17, 15) is 0 Å². The van der Waals surface area contributed by atoms with E-state index in [2.05, 4.69) is 11.5 Å². The van der Waals surface area contributed by atoms with Crippen molar-refractivity contribution in [2.45, 2.75) is 31.7 Å². The molecule has 0 heterocycles. The minimum absolute atomic E-state index is 0.647. The lowest BCUT2D eigenvalue weighted by Gasteiger charge is -2.22. The lowest BCUT2D eigenvalue weighted by Crippen LogP contribution is -2.31. The molecule has 74 valence electrons. The second-order valence-electron chi connectivity index (χ2n) is 4.56. The van der Waals surface area contributed by atoms with Gasteiger partial charge in [-0.15, -0.1) is 0 Å². The van der Waals surface area contributed by atoms with E-state index in [0.717, 1.165) is 18.5 Å². The molecule has 2 N–H and O–H groups in total. The van der Waals surface area contributed by atoms with E-state index in [1.54, 1.807) is 0 Å². The van der Waals surface area contributed by atoms with Gasteiger partial charge in [-0.25, -0.2) is 0 Å². The third-order valence-corrected chi connectivity index (χ3v) is 2.97. The van der Waals surface area contributed by atoms with Crippen molar-refractivity contribution in [3.8, 4) is 0 Å². The van der Waals surface area contributed by atoms with E-state index in [0.29, 0.717) is 6.54 Å². The van der Waals surface area contributed by atoms with Crippen LogP contribution in [0.3, 0.4) is 0 Å². The first-order chi connectivity index (χ1) is 6.29. The molecule has 2 heteroatoms. The molecule has 0 aromatic rings. The predicted octanol–water partition coefficient (Wildman–Crippen LogP) is 1.38. The number of hydrogen-bond acceptors (Lipinski definition) is 2. The monoisotopic (exact) mass is 180 g/mol. The molecule has 0 radical (unpaired) electrons. The molecule has 0 aromatic heterocycles. The molecule has 2 aliphatic rings. The quantitative estimate of drug-likeness (QED) is 0.626. The summed E-state index contributed by atoms with van der Waals surface area (Å²) in [7, 11) is 0. The van der Waals surface area contributed by atoms with Crippen LogP contribution in [-0.2, 0) is 0 Å². The van der Waals surface area contributed by atoms with Gasteiger partial charge in [0.1, 0.15) is 0 Å². The number of nitrogens with zero attached hydrogens (tertiary/aromatic N) is 1. The first-order valence-corrected chi connectivity index (χ1v) is 5.40. The van der Waals surface area contributed by atoms with Crippen LogP contribution in [0, 0.1) is 5.92 Å². The van der Waals surface area contributed by atoms with Gasteiger partial charge in [-0.3, -0.25) is 4.90 Å². The van der Waals surface area contributed by atoms with Gasteiger partial charge in [0.2, 0.25) is 0 Å². The molecule has 0 amide bonds. The summed E-state index contributed by atoms with van der Waals surface area (Å²) in [6, 6.07) is 0.865. The van der Waals surface area contributed by atoms with Crippen molar-refractivity contribution in [2.75, 3.05) is 19.6 Å². The van der Waals surface area contributed by atoms with Crippen molar-refractivity contribution in [1.82, 2.24) is 4.90 Å². The summed E-state index contributed by atoms with van der Waals surface area (Å²) in [6.07, 6.45) is 5.67. The van der Waals surface area contributed by atoms with Crippen molar-refractivity contribution in [2.24, 2.45) is 11.7 Å². The predicted molar refractivity (Wildman–Crippen MR) is 55.5 cm³/mol. The normalized spacial score (nSPS) is 22.3. The summed E-state index contributed by atoms with van der Waals surface area (Å²) >= 11 is 0. The Kier molecular flexibility index (Phi) is 2.70. The highest BCUT2D eigenvalue weighted by atomic mass is 15.2. The fourth-order valence-electron chi connectivity index (χ4n) is 1.77. The van der Waals surface area contributed by atoms with Crippen LogP contribution in [0.25, 0.3) is 0 Å². The zero-order chi connectivity index (χ0) is 9.26. The number of nitrogens with two attached hydrogens (primary N) is 1. The van der Waals surface area contributed by atoms with Crippen molar-refractivity contribution < 1.29 is 0 Å². The third-order valence-electron chi connectivity index (χ3n) is 2.97. The van der Waals surface area contributed by atoms with Crippen LogP contribution in [0.1, 0.15) is 25.7 Å². The topological polar surface area (TPSA) is 29.3 Å². The molecular formula is C11H20N2. The molecule has 0 aromatic carbocycles. The highest BCUT2D eigenvalue weighted by Crippen LogP contribution is 2.34. The largest absolute Gasteiger partial charge is 0.327 e. The minimum atomic E-state index is 0.647. The summed E-state index contributed by atoms with van der Waals surface area (Å²) in [6.45, 7) is 6.97. The Morgan fingerprint density at radius 2 is 2.00 bits per heavy atom. The van der Waals surface area contributed by atoms with E-state index in [1.165, 1.54) is 37.8 Å². The molecule has 0 aliphatic heterocycles. The molecule has 0 unspecified atom stereocenters. The Hall–Kier alpha value is -0.340. The molecule has 0 saturated heterocycles. The van der Waals surface area contributed by atoms with E-state index < -0.39 is 0 Å². The highest BCUT2D eigenvalue weighted by molar-refractivity contribution is 5.02. The summed E-state index contributed by atoms with van der Waals surface area (Å²) in [5, 5.41) is 0. The highest BCUT2D eigenvalue weighted by Gasteiger charge is 2.33. The standard InChI is InChI=1S/C11H20N2/c1-9(6-12)7-13(11-4-5-11)8-10-2-3-10/h10-11H,1-8,12H2. The van der Waals surface area contributed by atoms with E-state index >= 15 is 0 Å². The van der Waals surface area contributed by atoms with Crippen LogP contribution in [0.15, 0.2) is 12.2 Å². The smallest absolute Gasteiger partial charge is 0.0205 e. The zero-order valence-corrected chi connectivity index (χ0v) is 8.34. The molecule has 2 saturated carbocycles. The van der Waals surface area contributed by atoms with E-state index in [4.69, 9.17) is 5.73 Å². The van der Waals surface area contributed by atoms with Crippen molar-refractivity contribution in [3.63, 3.8) is 0 Å². The zero-order valence-electron chi connectivity index (χ0n) is 8.34.